The lowest BCUT2D eigenvalue weighted by molar-refractivity contribution is 0.0786. The van der Waals surface area contributed by atoms with Crippen molar-refractivity contribution >= 4 is 16.8 Å². The molecular formula is C19H17FN2O2. The molecule has 0 radical (unpaired) electrons. The van der Waals surface area contributed by atoms with Gasteiger partial charge in [0, 0.05) is 25.2 Å². The molecule has 1 aromatic heterocycles. The van der Waals surface area contributed by atoms with Crippen LogP contribution in [0.25, 0.3) is 10.9 Å². The number of aromatic nitrogens is 1. The summed E-state index contributed by atoms with van der Waals surface area (Å²) in [6.45, 7) is 0.295. The first-order valence-corrected chi connectivity index (χ1v) is 7.52. The summed E-state index contributed by atoms with van der Waals surface area (Å²) in [5, 5.41) is 0.909. The lowest BCUT2D eigenvalue weighted by Crippen LogP contribution is -2.26. The van der Waals surface area contributed by atoms with E-state index in [0.29, 0.717) is 23.2 Å². The number of para-hydroxylation sites is 1. The predicted molar refractivity (Wildman–Crippen MR) is 90.5 cm³/mol. The maximum absolute atomic E-state index is 13.8. The van der Waals surface area contributed by atoms with Crippen LogP contribution < -0.4 is 4.74 Å². The van der Waals surface area contributed by atoms with Crippen LogP contribution in [-0.2, 0) is 6.54 Å². The number of rotatable bonds is 4. The predicted octanol–water partition coefficient (Wildman–Crippen LogP) is 3.65. The topological polar surface area (TPSA) is 42.4 Å². The summed E-state index contributed by atoms with van der Waals surface area (Å²) >= 11 is 0. The van der Waals surface area contributed by atoms with Gasteiger partial charge in [0.1, 0.15) is 0 Å². The summed E-state index contributed by atoms with van der Waals surface area (Å²) in [6, 6.07) is 13.9. The Morgan fingerprint density at radius 2 is 2.00 bits per heavy atom. The molecule has 0 bridgehead atoms. The molecule has 122 valence electrons. The third-order valence-electron chi connectivity index (χ3n) is 3.85. The van der Waals surface area contributed by atoms with Gasteiger partial charge in [-0.05, 0) is 29.8 Å². The van der Waals surface area contributed by atoms with Crippen molar-refractivity contribution in [1.29, 1.82) is 0 Å². The highest BCUT2D eigenvalue weighted by molar-refractivity contribution is 6.05. The van der Waals surface area contributed by atoms with Gasteiger partial charge >= 0.3 is 0 Å². The molecule has 0 fully saturated rings. The molecule has 0 atom stereocenters. The van der Waals surface area contributed by atoms with E-state index in [9.17, 15) is 9.18 Å². The molecule has 0 spiro atoms. The maximum atomic E-state index is 13.8. The molecule has 3 aromatic rings. The van der Waals surface area contributed by atoms with Crippen molar-refractivity contribution in [3.63, 3.8) is 0 Å². The molecular weight excluding hydrogens is 307 g/mol. The Morgan fingerprint density at radius 3 is 2.75 bits per heavy atom. The monoisotopic (exact) mass is 324 g/mol. The molecule has 0 saturated heterocycles. The second-order valence-electron chi connectivity index (χ2n) is 5.51. The minimum absolute atomic E-state index is 0.157. The Morgan fingerprint density at radius 1 is 1.21 bits per heavy atom. The van der Waals surface area contributed by atoms with Crippen LogP contribution in [0.5, 0.6) is 5.75 Å². The maximum Gasteiger partial charge on any atom is 0.256 e. The van der Waals surface area contributed by atoms with E-state index in [1.165, 1.54) is 13.2 Å². The SMILES string of the molecule is COc1ccc(CN(C)C(=O)c2cccc3cccnc23)cc1F. The summed E-state index contributed by atoms with van der Waals surface area (Å²) in [6.07, 6.45) is 1.66. The molecule has 0 aliphatic carbocycles. The molecule has 4 nitrogen and oxygen atoms in total. The lowest BCUT2D eigenvalue weighted by atomic mass is 10.1. The number of ether oxygens (including phenoxy) is 1. The van der Waals surface area contributed by atoms with Gasteiger partial charge in [-0.15, -0.1) is 0 Å². The fraction of sp³-hybridized carbons (Fsp3) is 0.158. The normalized spacial score (nSPS) is 10.6. The molecule has 0 unspecified atom stereocenters. The van der Waals surface area contributed by atoms with Gasteiger partial charge in [0.25, 0.3) is 5.91 Å². The Bertz CT molecular complexity index is 890. The molecule has 1 amide bonds. The first kappa shape index (κ1) is 15.9. The molecule has 24 heavy (non-hydrogen) atoms. The Labute approximate surface area is 139 Å². The van der Waals surface area contributed by atoms with Crippen molar-refractivity contribution in [3.05, 3.63) is 71.7 Å². The number of pyridine rings is 1. The second-order valence-corrected chi connectivity index (χ2v) is 5.51. The number of methoxy groups -OCH3 is 1. The Kier molecular flexibility index (Phi) is 4.42. The first-order chi connectivity index (χ1) is 11.6. The number of hydrogen-bond acceptors (Lipinski definition) is 3. The van der Waals surface area contributed by atoms with Gasteiger partial charge in [-0.2, -0.15) is 0 Å². The average molecular weight is 324 g/mol. The standard InChI is InChI=1S/C19H17FN2O2/c1-22(12-13-8-9-17(24-2)16(20)11-13)19(23)15-7-3-5-14-6-4-10-21-18(14)15/h3-11H,12H2,1-2H3. The van der Waals surface area contributed by atoms with Crippen LogP contribution in [0.1, 0.15) is 15.9 Å². The fourth-order valence-electron chi connectivity index (χ4n) is 2.64. The molecule has 0 aliphatic heterocycles. The van der Waals surface area contributed by atoms with E-state index in [-0.39, 0.29) is 11.7 Å². The number of carbonyl (C=O) groups is 1. The summed E-state index contributed by atoms with van der Waals surface area (Å²) in [7, 11) is 3.10. The van der Waals surface area contributed by atoms with Gasteiger partial charge in [0.2, 0.25) is 0 Å². The van der Waals surface area contributed by atoms with Gasteiger partial charge in [-0.3, -0.25) is 9.78 Å². The Hall–Kier alpha value is -2.95. The van der Waals surface area contributed by atoms with Crippen molar-refractivity contribution < 1.29 is 13.9 Å². The largest absolute Gasteiger partial charge is 0.494 e. The van der Waals surface area contributed by atoms with Crippen molar-refractivity contribution in [2.45, 2.75) is 6.54 Å². The van der Waals surface area contributed by atoms with E-state index >= 15 is 0 Å². The van der Waals surface area contributed by atoms with E-state index in [4.69, 9.17) is 4.74 Å². The van der Waals surface area contributed by atoms with Crippen LogP contribution in [0.15, 0.2) is 54.7 Å². The highest BCUT2D eigenvalue weighted by Gasteiger charge is 2.16. The molecule has 1 heterocycles. The minimum Gasteiger partial charge on any atom is -0.494 e. The van der Waals surface area contributed by atoms with E-state index in [1.807, 2.05) is 24.3 Å². The summed E-state index contributed by atoms with van der Waals surface area (Å²) in [5.41, 5.74) is 1.89. The van der Waals surface area contributed by atoms with Crippen LogP contribution in [-0.4, -0.2) is 29.9 Å². The number of nitrogens with zero attached hydrogens (tertiary/aromatic N) is 2. The van der Waals surface area contributed by atoms with Crippen molar-refractivity contribution in [2.24, 2.45) is 0 Å². The van der Waals surface area contributed by atoms with Gasteiger partial charge in [-0.1, -0.05) is 24.3 Å². The van der Waals surface area contributed by atoms with Crippen molar-refractivity contribution in [3.8, 4) is 5.75 Å². The molecule has 0 saturated carbocycles. The fourth-order valence-corrected chi connectivity index (χ4v) is 2.64. The van der Waals surface area contributed by atoms with Crippen LogP contribution in [0.3, 0.4) is 0 Å². The lowest BCUT2D eigenvalue weighted by Gasteiger charge is -2.18. The number of benzene rings is 2. The zero-order chi connectivity index (χ0) is 17.1. The molecule has 0 aliphatic rings. The molecule has 2 aromatic carbocycles. The third kappa shape index (κ3) is 3.06. The third-order valence-corrected chi connectivity index (χ3v) is 3.85. The minimum atomic E-state index is -0.442. The summed E-state index contributed by atoms with van der Waals surface area (Å²) in [4.78, 5) is 18.6. The van der Waals surface area contributed by atoms with E-state index in [1.54, 1.807) is 36.3 Å². The number of fused-ring (bicyclic) bond motifs is 1. The average Bonchev–Trinajstić information content (AvgIpc) is 2.60. The smallest absolute Gasteiger partial charge is 0.256 e. The second kappa shape index (κ2) is 6.66. The van der Waals surface area contributed by atoms with Crippen LogP contribution in [0.2, 0.25) is 0 Å². The molecule has 3 rings (SSSR count). The Balaban J connectivity index is 1.85. The van der Waals surface area contributed by atoms with E-state index in [2.05, 4.69) is 4.98 Å². The van der Waals surface area contributed by atoms with Gasteiger partial charge in [-0.25, -0.2) is 4.39 Å². The van der Waals surface area contributed by atoms with Crippen molar-refractivity contribution in [2.75, 3.05) is 14.2 Å². The van der Waals surface area contributed by atoms with E-state index < -0.39 is 5.82 Å². The highest BCUT2D eigenvalue weighted by atomic mass is 19.1. The first-order valence-electron chi connectivity index (χ1n) is 7.52. The van der Waals surface area contributed by atoms with Gasteiger partial charge in [0.15, 0.2) is 11.6 Å². The van der Waals surface area contributed by atoms with Crippen LogP contribution in [0.4, 0.5) is 4.39 Å². The summed E-state index contributed by atoms with van der Waals surface area (Å²) in [5.74, 6) is -0.413. The summed E-state index contributed by atoms with van der Waals surface area (Å²) < 4.78 is 18.7. The number of carbonyl (C=O) groups excluding carboxylic acids is 1. The quantitative estimate of drug-likeness (QED) is 0.735. The highest BCUT2D eigenvalue weighted by Crippen LogP contribution is 2.21. The molecule has 0 N–H and O–H groups in total. The van der Waals surface area contributed by atoms with Crippen LogP contribution in [0, 0.1) is 5.82 Å². The number of hydrogen-bond donors (Lipinski definition) is 0. The van der Waals surface area contributed by atoms with Gasteiger partial charge in [0.05, 0.1) is 18.2 Å². The van der Waals surface area contributed by atoms with Gasteiger partial charge < -0.3 is 9.64 Å². The van der Waals surface area contributed by atoms with E-state index in [0.717, 1.165) is 5.39 Å². The molecule has 5 heteroatoms. The van der Waals surface area contributed by atoms with Crippen LogP contribution >= 0.6 is 0 Å². The number of amides is 1. The number of halogens is 1. The zero-order valence-electron chi connectivity index (χ0n) is 13.5. The zero-order valence-corrected chi connectivity index (χ0v) is 13.5. The van der Waals surface area contributed by atoms with Crippen molar-refractivity contribution in [1.82, 2.24) is 9.88 Å².